The number of piperazine rings is 1. The Morgan fingerprint density at radius 3 is 2.85 bits per heavy atom. The number of rotatable bonds is 2. The van der Waals surface area contributed by atoms with Gasteiger partial charge in [-0.1, -0.05) is 18.2 Å². The van der Waals surface area contributed by atoms with E-state index in [1.165, 1.54) is 43.9 Å². The van der Waals surface area contributed by atoms with E-state index in [0.717, 1.165) is 12.5 Å². The molecule has 1 fully saturated rings. The molecule has 0 bridgehead atoms. The molecule has 3 rings (SSSR count). The summed E-state index contributed by atoms with van der Waals surface area (Å²) in [5, 5.41) is 3.59. The van der Waals surface area contributed by atoms with Crippen molar-refractivity contribution in [1.82, 2.24) is 9.80 Å². The Balaban J connectivity index is 1.60. The molecule has 0 radical (unpaired) electrons. The van der Waals surface area contributed by atoms with Crippen molar-refractivity contribution in [3.8, 4) is 0 Å². The molecule has 2 aliphatic heterocycles. The highest BCUT2D eigenvalue weighted by Gasteiger charge is 2.32. The fourth-order valence-electron chi connectivity index (χ4n) is 3.50. The second-order valence-electron chi connectivity index (χ2n) is 7.08. The lowest BCUT2D eigenvalue weighted by atomic mass is 9.92. The lowest BCUT2D eigenvalue weighted by molar-refractivity contribution is 0.0327. The molecule has 1 aromatic rings. The summed E-state index contributed by atoms with van der Waals surface area (Å²) in [5.41, 5.74) is 3.12. The minimum absolute atomic E-state index is 0.304. The largest absolute Gasteiger partial charge is 0.384 e. The van der Waals surface area contributed by atoms with E-state index in [0.29, 0.717) is 5.54 Å². The predicted octanol–water partition coefficient (Wildman–Crippen LogP) is 2.30. The summed E-state index contributed by atoms with van der Waals surface area (Å²) in [6.45, 7) is 10.6. The van der Waals surface area contributed by atoms with Crippen LogP contribution in [0.4, 0.5) is 5.69 Å². The number of nitrogens with zero attached hydrogens (tertiary/aromatic N) is 2. The maximum Gasteiger partial charge on any atom is 0.0372 e. The molecule has 1 unspecified atom stereocenters. The van der Waals surface area contributed by atoms with E-state index in [-0.39, 0.29) is 0 Å². The molecule has 1 N–H and O–H groups in total. The molecule has 1 atom stereocenters. The number of benzene rings is 1. The Morgan fingerprint density at radius 1 is 1.25 bits per heavy atom. The number of hydrogen-bond acceptors (Lipinski definition) is 3. The van der Waals surface area contributed by atoms with E-state index in [4.69, 9.17) is 0 Å². The van der Waals surface area contributed by atoms with Crippen LogP contribution in [0.3, 0.4) is 0 Å². The van der Waals surface area contributed by atoms with Crippen LogP contribution in [0, 0.1) is 5.92 Å². The van der Waals surface area contributed by atoms with Gasteiger partial charge >= 0.3 is 0 Å². The smallest absolute Gasteiger partial charge is 0.0372 e. The number of anilines is 1. The maximum absolute atomic E-state index is 3.59. The molecule has 0 saturated carbocycles. The molecule has 0 aliphatic carbocycles. The summed E-state index contributed by atoms with van der Waals surface area (Å²) in [5.74, 6) is 0.740. The SMILES string of the molecule is CN1CCN(CC2CNc3ccccc3C2)CC1(C)C. The van der Waals surface area contributed by atoms with Gasteiger partial charge < -0.3 is 5.32 Å². The summed E-state index contributed by atoms with van der Waals surface area (Å²) < 4.78 is 0. The number of nitrogens with one attached hydrogen (secondary N) is 1. The van der Waals surface area contributed by atoms with Gasteiger partial charge in [-0.15, -0.1) is 0 Å². The van der Waals surface area contributed by atoms with Gasteiger partial charge in [-0.05, 0) is 44.9 Å². The van der Waals surface area contributed by atoms with Crippen LogP contribution in [-0.2, 0) is 6.42 Å². The van der Waals surface area contributed by atoms with Crippen molar-refractivity contribution in [2.75, 3.05) is 45.1 Å². The molecule has 110 valence electrons. The molecule has 20 heavy (non-hydrogen) atoms. The summed E-state index contributed by atoms with van der Waals surface area (Å²) in [6, 6.07) is 8.74. The highest BCUT2D eigenvalue weighted by molar-refractivity contribution is 5.53. The number of para-hydroxylation sites is 1. The molecule has 3 nitrogen and oxygen atoms in total. The Morgan fingerprint density at radius 2 is 2.05 bits per heavy atom. The van der Waals surface area contributed by atoms with Crippen molar-refractivity contribution < 1.29 is 0 Å². The molecule has 0 spiro atoms. The van der Waals surface area contributed by atoms with E-state index < -0.39 is 0 Å². The van der Waals surface area contributed by atoms with Crippen molar-refractivity contribution in [3.63, 3.8) is 0 Å². The van der Waals surface area contributed by atoms with Gasteiger partial charge in [-0.3, -0.25) is 9.80 Å². The van der Waals surface area contributed by atoms with Crippen LogP contribution in [0.5, 0.6) is 0 Å². The normalized spacial score (nSPS) is 26.9. The van der Waals surface area contributed by atoms with Crippen molar-refractivity contribution in [3.05, 3.63) is 29.8 Å². The molecule has 1 saturated heterocycles. The van der Waals surface area contributed by atoms with Gasteiger partial charge in [0.1, 0.15) is 0 Å². The predicted molar refractivity (Wildman–Crippen MR) is 85.3 cm³/mol. The molecular formula is C17H27N3. The molecule has 0 amide bonds. The Kier molecular flexibility index (Phi) is 3.74. The fraction of sp³-hybridized carbons (Fsp3) is 0.647. The van der Waals surface area contributed by atoms with Crippen molar-refractivity contribution >= 4 is 5.69 Å². The Labute approximate surface area is 123 Å². The third kappa shape index (κ3) is 2.84. The zero-order chi connectivity index (χ0) is 14.2. The minimum Gasteiger partial charge on any atom is -0.384 e. The topological polar surface area (TPSA) is 18.5 Å². The first-order valence-corrected chi connectivity index (χ1v) is 7.80. The molecule has 0 aromatic heterocycles. The summed E-state index contributed by atoms with van der Waals surface area (Å²) in [7, 11) is 2.25. The van der Waals surface area contributed by atoms with Crippen LogP contribution < -0.4 is 5.32 Å². The zero-order valence-electron chi connectivity index (χ0n) is 13.0. The van der Waals surface area contributed by atoms with Crippen LogP contribution in [0.2, 0.25) is 0 Å². The van der Waals surface area contributed by atoms with Gasteiger partial charge in [0.25, 0.3) is 0 Å². The first kappa shape index (κ1) is 13.9. The molecule has 2 aliphatic rings. The van der Waals surface area contributed by atoms with Gasteiger partial charge in [0, 0.05) is 44.0 Å². The first-order valence-electron chi connectivity index (χ1n) is 7.80. The highest BCUT2D eigenvalue weighted by atomic mass is 15.3. The van der Waals surface area contributed by atoms with Crippen LogP contribution in [0.15, 0.2) is 24.3 Å². The van der Waals surface area contributed by atoms with E-state index >= 15 is 0 Å². The molecule has 3 heteroatoms. The van der Waals surface area contributed by atoms with E-state index in [1.807, 2.05) is 0 Å². The van der Waals surface area contributed by atoms with Gasteiger partial charge in [-0.25, -0.2) is 0 Å². The zero-order valence-corrected chi connectivity index (χ0v) is 13.0. The molecule has 2 heterocycles. The van der Waals surface area contributed by atoms with Crippen molar-refractivity contribution in [2.24, 2.45) is 5.92 Å². The van der Waals surface area contributed by atoms with Gasteiger partial charge in [-0.2, -0.15) is 0 Å². The third-order valence-corrected chi connectivity index (χ3v) is 5.02. The molecular weight excluding hydrogens is 246 g/mol. The third-order valence-electron chi connectivity index (χ3n) is 5.02. The lowest BCUT2D eigenvalue weighted by Crippen LogP contribution is -2.58. The summed E-state index contributed by atoms with van der Waals surface area (Å²) in [6.07, 6.45) is 1.22. The summed E-state index contributed by atoms with van der Waals surface area (Å²) in [4.78, 5) is 5.14. The average Bonchev–Trinajstić information content (AvgIpc) is 2.42. The average molecular weight is 273 g/mol. The monoisotopic (exact) mass is 273 g/mol. The van der Waals surface area contributed by atoms with E-state index in [2.05, 4.69) is 60.3 Å². The number of likely N-dealkylation sites (N-methyl/N-ethyl adjacent to an activating group) is 1. The van der Waals surface area contributed by atoms with Crippen LogP contribution in [0.1, 0.15) is 19.4 Å². The number of fused-ring (bicyclic) bond motifs is 1. The lowest BCUT2D eigenvalue weighted by Gasteiger charge is -2.46. The molecule has 1 aromatic carbocycles. The second kappa shape index (κ2) is 5.38. The van der Waals surface area contributed by atoms with Crippen LogP contribution in [-0.4, -0.2) is 55.1 Å². The first-order chi connectivity index (χ1) is 9.54. The summed E-state index contributed by atoms with van der Waals surface area (Å²) >= 11 is 0. The van der Waals surface area contributed by atoms with Crippen LogP contribution >= 0.6 is 0 Å². The second-order valence-corrected chi connectivity index (χ2v) is 7.08. The standard InChI is InChI=1S/C17H27N3/c1-17(2)13-20(9-8-19(17)3)12-14-10-15-6-4-5-7-16(15)18-11-14/h4-7,14,18H,8-13H2,1-3H3. The van der Waals surface area contributed by atoms with E-state index in [1.54, 1.807) is 0 Å². The van der Waals surface area contributed by atoms with Gasteiger partial charge in [0.2, 0.25) is 0 Å². The van der Waals surface area contributed by atoms with Crippen molar-refractivity contribution in [2.45, 2.75) is 25.8 Å². The van der Waals surface area contributed by atoms with Crippen LogP contribution in [0.25, 0.3) is 0 Å². The van der Waals surface area contributed by atoms with Gasteiger partial charge in [0.15, 0.2) is 0 Å². The Hall–Kier alpha value is -1.06. The Bertz CT molecular complexity index is 469. The minimum atomic E-state index is 0.304. The van der Waals surface area contributed by atoms with Crippen molar-refractivity contribution in [1.29, 1.82) is 0 Å². The quantitative estimate of drug-likeness (QED) is 0.892. The maximum atomic E-state index is 3.59. The number of hydrogen-bond donors (Lipinski definition) is 1. The fourth-order valence-corrected chi connectivity index (χ4v) is 3.50. The highest BCUT2D eigenvalue weighted by Crippen LogP contribution is 2.26. The van der Waals surface area contributed by atoms with E-state index in [9.17, 15) is 0 Å². The van der Waals surface area contributed by atoms with Gasteiger partial charge in [0.05, 0.1) is 0 Å².